The van der Waals surface area contributed by atoms with E-state index in [2.05, 4.69) is 26.8 Å². The number of esters is 1. The Balaban J connectivity index is 2.21. The zero-order valence-electron chi connectivity index (χ0n) is 23.3. The molecule has 0 bridgehead atoms. The summed E-state index contributed by atoms with van der Waals surface area (Å²) in [6.07, 6.45) is 4.52. The lowest BCUT2D eigenvalue weighted by molar-refractivity contribution is -0.166. The lowest BCUT2D eigenvalue weighted by Crippen LogP contribution is -2.29. The first-order valence-corrected chi connectivity index (χ1v) is 13.5. The van der Waals surface area contributed by atoms with Crippen LogP contribution in [0.25, 0.3) is 16.0 Å². The van der Waals surface area contributed by atoms with Crippen LogP contribution in [0.4, 0.5) is 0 Å². The fourth-order valence-corrected chi connectivity index (χ4v) is 5.74. The molecular formula is C30H41NO4S. The Morgan fingerprint density at radius 1 is 1.14 bits per heavy atom. The molecule has 0 fully saturated rings. The average molecular weight is 512 g/mol. The molecule has 1 amide bonds. The van der Waals surface area contributed by atoms with E-state index in [1.807, 2.05) is 52.0 Å². The maximum Gasteiger partial charge on any atom is 0.340 e. The van der Waals surface area contributed by atoms with Gasteiger partial charge in [-0.25, -0.2) is 4.79 Å². The molecule has 36 heavy (non-hydrogen) atoms. The number of thiophene rings is 1. The van der Waals surface area contributed by atoms with E-state index in [4.69, 9.17) is 9.47 Å². The molecule has 196 valence electrons. The standard InChI is InChI=1S/C30H41NO4S/c1-10-34-28(33)25(35-29(3,4)5)23-19(2)36-26(24(23)20-15-17-30(6,7)18-16-20)21-11-13-22(14-12-21)27(32)31(8)9/h11-15,25H,10,16-18H2,1-9H3. The van der Waals surface area contributed by atoms with Gasteiger partial charge >= 0.3 is 5.97 Å². The highest BCUT2D eigenvalue weighted by Crippen LogP contribution is 2.49. The van der Waals surface area contributed by atoms with Crippen molar-refractivity contribution >= 4 is 28.8 Å². The Labute approximate surface area is 220 Å². The van der Waals surface area contributed by atoms with Crippen LogP contribution in [0.3, 0.4) is 0 Å². The molecule has 0 radical (unpaired) electrons. The van der Waals surface area contributed by atoms with Crippen LogP contribution in [0, 0.1) is 12.3 Å². The average Bonchev–Trinajstić information content (AvgIpc) is 3.13. The third-order valence-electron chi connectivity index (χ3n) is 6.46. The third kappa shape index (κ3) is 6.46. The summed E-state index contributed by atoms with van der Waals surface area (Å²) in [6, 6.07) is 7.77. The maximum absolute atomic E-state index is 13.2. The van der Waals surface area contributed by atoms with Crippen molar-refractivity contribution in [1.29, 1.82) is 0 Å². The van der Waals surface area contributed by atoms with E-state index >= 15 is 0 Å². The van der Waals surface area contributed by atoms with Gasteiger partial charge in [-0.05, 0) is 82.6 Å². The van der Waals surface area contributed by atoms with Crippen molar-refractivity contribution < 1.29 is 19.1 Å². The molecule has 0 N–H and O–H groups in total. The molecule has 6 heteroatoms. The molecule has 1 heterocycles. The zero-order valence-corrected chi connectivity index (χ0v) is 24.1. The second-order valence-corrected chi connectivity index (χ2v) is 12.7. The number of carbonyl (C=O) groups is 2. The molecule has 5 nitrogen and oxygen atoms in total. The summed E-state index contributed by atoms with van der Waals surface area (Å²) in [5.74, 6) is -0.382. The Morgan fingerprint density at radius 2 is 1.78 bits per heavy atom. The second-order valence-electron chi connectivity index (χ2n) is 11.5. The molecular weight excluding hydrogens is 470 g/mol. The summed E-state index contributed by atoms with van der Waals surface area (Å²) in [4.78, 5) is 29.4. The predicted molar refractivity (Wildman–Crippen MR) is 148 cm³/mol. The van der Waals surface area contributed by atoms with Crippen LogP contribution in [-0.4, -0.2) is 43.1 Å². The van der Waals surface area contributed by atoms with Crippen molar-refractivity contribution in [3.05, 3.63) is 51.9 Å². The molecule has 0 spiro atoms. The van der Waals surface area contributed by atoms with E-state index in [-0.39, 0.29) is 17.3 Å². The van der Waals surface area contributed by atoms with Crippen molar-refractivity contribution in [3.8, 4) is 10.4 Å². The van der Waals surface area contributed by atoms with E-state index in [1.54, 1.807) is 30.3 Å². The third-order valence-corrected chi connectivity index (χ3v) is 7.63. The SMILES string of the molecule is CCOC(=O)C(OC(C)(C)C)c1c(C)sc(-c2ccc(C(=O)N(C)C)cc2)c1C1=CCC(C)(C)CC1. The van der Waals surface area contributed by atoms with E-state index in [9.17, 15) is 9.59 Å². The molecule has 1 aliphatic rings. The lowest BCUT2D eigenvalue weighted by atomic mass is 9.76. The zero-order chi connectivity index (χ0) is 26.8. The normalized spacial score (nSPS) is 16.3. The quantitative estimate of drug-likeness (QED) is 0.363. The van der Waals surface area contributed by atoms with Gasteiger partial charge in [-0.2, -0.15) is 0 Å². The number of ether oxygens (including phenoxy) is 2. The van der Waals surface area contributed by atoms with Gasteiger partial charge in [0.25, 0.3) is 5.91 Å². The lowest BCUT2D eigenvalue weighted by Gasteiger charge is -2.31. The summed E-state index contributed by atoms with van der Waals surface area (Å²) in [6.45, 7) is 14.7. The topological polar surface area (TPSA) is 55.8 Å². The second kappa shape index (κ2) is 10.9. The Morgan fingerprint density at radius 3 is 2.28 bits per heavy atom. The largest absolute Gasteiger partial charge is 0.464 e. The highest BCUT2D eigenvalue weighted by molar-refractivity contribution is 7.16. The van der Waals surface area contributed by atoms with Crippen LogP contribution in [0.2, 0.25) is 0 Å². The summed E-state index contributed by atoms with van der Waals surface area (Å²) >= 11 is 1.67. The predicted octanol–water partition coefficient (Wildman–Crippen LogP) is 7.44. The highest BCUT2D eigenvalue weighted by atomic mass is 32.1. The molecule has 1 atom stereocenters. The van der Waals surface area contributed by atoms with E-state index in [0.717, 1.165) is 45.7 Å². The van der Waals surface area contributed by atoms with E-state index in [1.165, 1.54) is 5.57 Å². The van der Waals surface area contributed by atoms with Crippen molar-refractivity contribution in [1.82, 2.24) is 4.90 Å². The van der Waals surface area contributed by atoms with Crippen molar-refractivity contribution in [2.24, 2.45) is 5.41 Å². The molecule has 0 saturated heterocycles. The monoisotopic (exact) mass is 511 g/mol. The molecule has 0 saturated carbocycles. The number of rotatable bonds is 7. The first-order valence-electron chi connectivity index (χ1n) is 12.7. The van der Waals surface area contributed by atoms with Gasteiger partial charge in [0.15, 0.2) is 6.10 Å². The molecule has 2 aromatic rings. The molecule has 3 rings (SSSR count). The van der Waals surface area contributed by atoms with Crippen LogP contribution >= 0.6 is 11.3 Å². The first-order chi connectivity index (χ1) is 16.7. The van der Waals surface area contributed by atoms with E-state index in [0.29, 0.717) is 12.2 Å². The fraction of sp³-hybridized carbons (Fsp3) is 0.533. The number of amides is 1. The summed E-state index contributed by atoms with van der Waals surface area (Å²) in [5.41, 5.74) is 4.65. The van der Waals surface area contributed by atoms with Crippen LogP contribution < -0.4 is 0 Å². The summed E-state index contributed by atoms with van der Waals surface area (Å²) < 4.78 is 11.9. The number of nitrogens with zero attached hydrogens (tertiary/aromatic N) is 1. The molecule has 1 aromatic carbocycles. The minimum absolute atomic E-state index is 0.0250. The Kier molecular flexibility index (Phi) is 8.51. The van der Waals surface area contributed by atoms with Gasteiger partial charge in [0.2, 0.25) is 0 Å². The molecule has 1 unspecified atom stereocenters. The Hall–Kier alpha value is -2.44. The van der Waals surface area contributed by atoms with Gasteiger partial charge in [-0.1, -0.05) is 32.1 Å². The number of allylic oxidation sites excluding steroid dienone is 2. The summed E-state index contributed by atoms with van der Waals surface area (Å²) in [7, 11) is 3.51. The number of carbonyl (C=O) groups excluding carboxylic acids is 2. The van der Waals surface area contributed by atoms with Gasteiger partial charge in [0.1, 0.15) is 0 Å². The number of hydrogen-bond donors (Lipinski definition) is 0. The molecule has 0 aliphatic heterocycles. The maximum atomic E-state index is 13.2. The fourth-order valence-electron chi connectivity index (χ4n) is 4.52. The van der Waals surface area contributed by atoms with E-state index < -0.39 is 11.7 Å². The van der Waals surface area contributed by atoms with Crippen molar-refractivity contribution in [3.63, 3.8) is 0 Å². The van der Waals surface area contributed by atoms with Crippen molar-refractivity contribution in [2.45, 2.75) is 79.4 Å². The minimum Gasteiger partial charge on any atom is -0.464 e. The van der Waals surface area contributed by atoms with Gasteiger partial charge in [-0.15, -0.1) is 11.3 Å². The van der Waals surface area contributed by atoms with Crippen LogP contribution in [0.15, 0.2) is 30.3 Å². The Bertz CT molecular complexity index is 1130. The van der Waals surface area contributed by atoms with Gasteiger partial charge in [0, 0.05) is 40.5 Å². The first kappa shape index (κ1) is 28.1. The number of aryl methyl sites for hydroxylation is 1. The smallest absolute Gasteiger partial charge is 0.340 e. The highest BCUT2D eigenvalue weighted by Gasteiger charge is 2.36. The number of benzene rings is 1. The van der Waals surface area contributed by atoms with Gasteiger partial charge in [0.05, 0.1) is 12.2 Å². The summed E-state index contributed by atoms with van der Waals surface area (Å²) in [5, 5.41) is 0. The molecule has 1 aliphatic carbocycles. The van der Waals surface area contributed by atoms with Crippen LogP contribution in [0.5, 0.6) is 0 Å². The van der Waals surface area contributed by atoms with Gasteiger partial charge in [-0.3, -0.25) is 4.79 Å². The minimum atomic E-state index is -0.810. The number of hydrogen-bond acceptors (Lipinski definition) is 5. The van der Waals surface area contributed by atoms with Gasteiger partial charge < -0.3 is 14.4 Å². The van der Waals surface area contributed by atoms with Crippen molar-refractivity contribution in [2.75, 3.05) is 20.7 Å². The molecule has 1 aromatic heterocycles. The van der Waals surface area contributed by atoms with Crippen LogP contribution in [-0.2, 0) is 14.3 Å². The van der Waals surface area contributed by atoms with Crippen LogP contribution in [0.1, 0.15) is 93.3 Å².